The predicted octanol–water partition coefficient (Wildman–Crippen LogP) is 2.48. The van der Waals surface area contributed by atoms with E-state index in [1.165, 1.54) is 18.2 Å². The number of amidine groups is 1. The van der Waals surface area contributed by atoms with E-state index in [9.17, 15) is 22.4 Å². The molecule has 0 radical (unpaired) electrons. The van der Waals surface area contributed by atoms with Crippen LogP contribution in [0, 0.1) is 5.82 Å². The first-order valence-corrected chi connectivity index (χ1v) is 11.9. The third-order valence-corrected chi connectivity index (χ3v) is 6.36. The number of nitrogens with one attached hydrogen (secondary N) is 3. The highest BCUT2D eigenvalue weighted by Gasteiger charge is 2.28. The average Bonchev–Trinajstić information content (AvgIpc) is 3.07. The maximum absolute atomic E-state index is 13.2. The van der Waals surface area contributed by atoms with Gasteiger partial charge in [0.2, 0.25) is 5.91 Å². The highest BCUT2D eigenvalue weighted by molar-refractivity contribution is 7.90. The van der Waals surface area contributed by atoms with Crippen LogP contribution >= 0.6 is 0 Å². The van der Waals surface area contributed by atoms with E-state index in [2.05, 4.69) is 20.3 Å². The average molecular weight is 481 g/mol. The van der Waals surface area contributed by atoms with Crippen LogP contribution < -0.4 is 16.0 Å². The Kier molecular flexibility index (Phi) is 6.69. The van der Waals surface area contributed by atoms with E-state index >= 15 is 0 Å². The Morgan fingerprint density at radius 2 is 1.62 bits per heavy atom. The SMILES string of the molecule is O=C(Cc1cccc(F)c1)NCCNC(=O)c1ccc(NC2=NS(=O)(=O)c3ccccc32)cc1. The van der Waals surface area contributed by atoms with Crippen molar-refractivity contribution < 1.29 is 22.4 Å². The van der Waals surface area contributed by atoms with Crippen molar-refractivity contribution in [1.82, 2.24) is 10.6 Å². The molecule has 174 valence electrons. The number of carbonyl (C=O) groups is 2. The number of carbonyl (C=O) groups excluding carboxylic acids is 2. The zero-order valence-electron chi connectivity index (χ0n) is 17.9. The molecular formula is C24H21FN4O4S. The van der Waals surface area contributed by atoms with Crippen molar-refractivity contribution >= 4 is 33.4 Å². The molecule has 0 bridgehead atoms. The number of sulfonamides is 1. The lowest BCUT2D eigenvalue weighted by Gasteiger charge is -2.09. The standard InChI is InChI=1S/C24H21FN4O4S/c25-18-5-3-4-16(14-18)15-22(30)26-12-13-27-24(31)17-8-10-19(11-9-17)28-23-20-6-1-2-7-21(20)34(32,33)29-23/h1-11,14H,12-13,15H2,(H,26,30)(H,27,31)(H,28,29). The van der Waals surface area contributed by atoms with Crippen LogP contribution in [0.2, 0.25) is 0 Å². The summed E-state index contributed by atoms with van der Waals surface area (Å²) in [6.45, 7) is 0.451. The Morgan fingerprint density at radius 3 is 2.38 bits per heavy atom. The second-order valence-corrected chi connectivity index (χ2v) is 9.10. The molecule has 10 heteroatoms. The Morgan fingerprint density at radius 1 is 0.882 bits per heavy atom. The zero-order valence-corrected chi connectivity index (χ0v) is 18.7. The Hall–Kier alpha value is -4.05. The molecule has 1 heterocycles. The monoisotopic (exact) mass is 480 g/mol. The fraction of sp³-hybridized carbons (Fsp3) is 0.125. The molecule has 0 aliphatic carbocycles. The number of fused-ring (bicyclic) bond motifs is 1. The fourth-order valence-corrected chi connectivity index (χ4v) is 4.59. The summed E-state index contributed by atoms with van der Waals surface area (Å²) in [6.07, 6.45) is 0.0528. The minimum absolute atomic E-state index is 0.0528. The van der Waals surface area contributed by atoms with Crippen molar-refractivity contribution in [3.8, 4) is 0 Å². The number of anilines is 1. The highest BCUT2D eigenvalue weighted by Crippen LogP contribution is 2.26. The molecule has 3 N–H and O–H groups in total. The number of hydrogen-bond donors (Lipinski definition) is 3. The van der Waals surface area contributed by atoms with Gasteiger partial charge in [0.25, 0.3) is 15.9 Å². The lowest BCUT2D eigenvalue weighted by molar-refractivity contribution is -0.120. The number of hydrogen-bond acceptors (Lipinski definition) is 5. The molecule has 2 amide bonds. The van der Waals surface area contributed by atoms with Gasteiger partial charge in [-0.2, -0.15) is 8.42 Å². The molecule has 0 unspecified atom stereocenters. The Labute approximate surface area is 196 Å². The van der Waals surface area contributed by atoms with Gasteiger partial charge in [0, 0.05) is 29.9 Å². The summed E-state index contributed by atoms with van der Waals surface area (Å²) in [5.74, 6) is -0.766. The summed E-state index contributed by atoms with van der Waals surface area (Å²) in [5, 5.41) is 8.35. The number of halogens is 1. The molecule has 0 spiro atoms. The minimum Gasteiger partial charge on any atom is -0.354 e. The molecule has 0 saturated heterocycles. The minimum atomic E-state index is -3.72. The van der Waals surface area contributed by atoms with Crippen molar-refractivity contribution in [3.05, 3.63) is 95.3 Å². The molecule has 1 aliphatic heterocycles. The molecule has 34 heavy (non-hydrogen) atoms. The molecule has 0 aromatic heterocycles. The van der Waals surface area contributed by atoms with Gasteiger partial charge in [-0.3, -0.25) is 9.59 Å². The maximum Gasteiger partial charge on any atom is 0.285 e. The summed E-state index contributed by atoms with van der Waals surface area (Å²) >= 11 is 0. The van der Waals surface area contributed by atoms with Gasteiger partial charge in [-0.05, 0) is 54.1 Å². The summed E-state index contributed by atoms with van der Waals surface area (Å²) in [6, 6.07) is 18.8. The predicted molar refractivity (Wildman–Crippen MR) is 126 cm³/mol. The van der Waals surface area contributed by atoms with E-state index in [-0.39, 0.29) is 42.1 Å². The fourth-order valence-electron chi connectivity index (χ4n) is 3.41. The first-order valence-electron chi connectivity index (χ1n) is 10.4. The van der Waals surface area contributed by atoms with Crippen LogP contribution in [-0.4, -0.2) is 39.2 Å². The third-order valence-electron chi connectivity index (χ3n) is 5.03. The third kappa shape index (κ3) is 5.46. The second-order valence-electron chi connectivity index (χ2n) is 7.53. The van der Waals surface area contributed by atoms with E-state index in [0.717, 1.165) is 0 Å². The largest absolute Gasteiger partial charge is 0.354 e. The molecule has 1 aliphatic rings. The number of nitrogens with zero attached hydrogens (tertiary/aromatic N) is 1. The van der Waals surface area contributed by atoms with Crippen LogP contribution in [0.25, 0.3) is 0 Å². The molecule has 3 aromatic carbocycles. The van der Waals surface area contributed by atoms with Gasteiger partial charge < -0.3 is 16.0 Å². The lowest BCUT2D eigenvalue weighted by atomic mass is 10.1. The van der Waals surface area contributed by atoms with Crippen LogP contribution in [0.3, 0.4) is 0 Å². The van der Waals surface area contributed by atoms with Crippen LogP contribution in [0.1, 0.15) is 21.5 Å². The molecule has 0 fully saturated rings. The van der Waals surface area contributed by atoms with Gasteiger partial charge in [0.15, 0.2) is 5.84 Å². The lowest BCUT2D eigenvalue weighted by Crippen LogP contribution is -2.35. The van der Waals surface area contributed by atoms with Crippen molar-refractivity contribution in [2.45, 2.75) is 11.3 Å². The van der Waals surface area contributed by atoms with Crippen LogP contribution in [0.15, 0.2) is 82.1 Å². The van der Waals surface area contributed by atoms with Crippen molar-refractivity contribution in [2.24, 2.45) is 4.40 Å². The van der Waals surface area contributed by atoms with Gasteiger partial charge >= 0.3 is 0 Å². The zero-order chi connectivity index (χ0) is 24.1. The highest BCUT2D eigenvalue weighted by atomic mass is 32.2. The summed E-state index contributed by atoms with van der Waals surface area (Å²) in [5.41, 5.74) is 2.04. The molecule has 4 rings (SSSR count). The Bertz CT molecular complexity index is 1370. The molecular weight excluding hydrogens is 459 g/mol. The van der Waals surface area contributed by atoms with E-state index in [1.807, 2.05) is 0 Å². The summed E-state index contributed by atoms with van der Waals surface area (Å²) < 4.78 is 41.3. The first-order chi connectivity index (χ1) is 16.3. The number of amides is 2. The molecule has 3 aromatic rings. The normalized spacial score (nSPS) is 13.5. The number of rotatable bonds is 7. The van der Waals surface area contributed by atoms with E-state index in [4.69, 9.17) is 0 Å². The first kappa shape index (κ1) is 23.1. The van der Waals surface area contributed by atoms with Crippen molar-refractivity contribution in [3.63, 3.8) is 0 Å². The summed E-state index contributed by atoms with van der Waals surface area (Å²) in [4.78, 5) is 24.4. The van der Waals surface area contributed by atoms with Gasteiger partial charge in [0.1, 0.15) is 10.7 Å². The van der Waals surface area contributed by atoms with Gasteiger partial charge in [0.05, 0.1) is 6.42 Å². The van der Waals surface area contributed by atoms with Gasteiger partial charge in [-0.1, -0.05) is 24.3 Å². The second kappa shape index (κ2) is 9.84. The molecule has 8 nitrogen and oxygen atoms in total. The number of benzene rings is 3. The van der Waals surface area contributed by atoms with Crippen LogP contribution in [-0.2, 0) is 21.2 Å². The summed E-state index contributed by atoms with van der Waals surface area (Å²) in [7, 11) is -3.72. The quantitative estimate of drug-likeness (QED) is 0.449. The molecule has 0 atom stereocenters. The van der Waals surface area contributed by atoms with E-state index < -0.39 is 15.8 Å². The van der Waals surface area contributed by atoms with Crippen molar-refractivity contribution in [1.29, 1.82) is 0 Å². The van der Waals surface area contributed by atoms with Crippen LogP contribution in [0.4, 0.5) is 10.1 Å². The van der Waals surface area contributed by atoms with Crippen LogP contribution in [0.5, 0.6) is 0 Å². The van der Waals surface area contributed by atoms with Gasteiger partial charge in [-0.25, -0.2) is 4.39 Å². The smallest absolute Gasteiger partial charge is 0.285 e. The van der Waals surface area contributed by atoms with E-state index in [1.54, 1.807) is 54.6 Å². The van der Waals surface area contributed by atoms with Crippen molar-refractivity contribution in [2.75, 3.05) is 18.4 Å². The Balaban J connectivity index is 1.26. The topological polar surface area (TPSA) is 117 Å². The van der Waals surface area contributed by atoms with E-state index in [0.29, 0.717) is 22.4 Å². The maximum atomic E-state index is 13.2. The van der Waals surface area contributed by atoms with Gasteiger partial charge in [-0.15, -0.1) is 4.40 Å². The molecule has 0 saturated carbocycles.